The van der Waals surface area contributed by atoms with Crippen LogP contribution in [0.5, 0.6) is 0 Å². The third-order valence-electron chi connectivity index (χ3n) is 7.68. The zero-order valence-corrected chi connectivity index (χ0v) is 26.0. The molecule has 1 atom stereocenters. The Morgan fingerprint density at radius 3 is 1.24 bits per heavy atom. The van der Waals surface area contributed by atoms with Gasteiger partial charge < -0.3 is 14.6 Å². The maximum Gasteiger partial charge on any atom is 0.306 e. The van der Waals surface area contributed by atoms with Gasteiger partial charge in [-0.05, 0) is 12.8 Å². The Kier molecular flexibility index (Phi) is 32.1. The summed E-state index contributed by atoms with van der Waals surface area (Å²) in [6.45, 7) is 5.37. The van der Waals surface area contributed by atoms with Gasteiger partial charge in [0.05, 0.1) is 13.2 Å². The lowest BCUT2D eigenvalue weighted by atomic mass is 10.0. The maximum atomic E-state index is 12.1. The molecule has 0 aliphatic heterocycles. The minimum absolute atomic E-state index is 0.164. The van der Waals surface area contributed by atoms with E-state index < -0.39 is 6.10 Å². The quantitative estimate of drug-likeness (QED) is 0.0681. The molecule has 38 heavy (non-hydrogen) atoms. The van der Waals surface area contributed by atoms with Crippen molar-refractivity contribution in [3.05, 3.63) is 0 Å². The van der Waals surface area contributed by atoms with Crippen LogP contribution in [0.25, 0.3) is 0 Å². The fraction of sp³-hybridized carbons (Fsp3) is 0.971. The van der Waals surface area contributed by atoms with Crippen molar-refractivity contribution < 1.29 is 19.4 Å². The van der Waals surface area contributed by atoms with Crippen molar-refractivity contribution >= 4 is 5.97 Å². The molecule has 0 radical (unpaired) electrons. The molecule has 0 rings (SSSR count). The molecule has 0 aliphatic carbocycles. The first-order valence-electron chi connectivity index (χ1n) is 17.1. The highest BCUT2D eigenvalue weighted by Crippen LogP contribution is 2.14. The van der Waals surface area contributed by atoms with E-state index in [9.17, 15) is 9.90 Å². The van der Waals surface area contributed by atoms with Gasteiger partial charge in [-0.15, -0.1) is 0 Å². The van der Waals surface area contributed by atoms with E-state index in [1.54, 1.807) is 0 Å². The molecule has 228 valence electrons. The topological polar surface area (TPSA) is 55.8 Å². The van der Waals surface area contributed by atoms with Crippen LogP contribution in [0, 0.1) is 0 Å². The summed E-state index contributed by atoms with van der Waals surface area (Å²) in [5.74, 6) is -0.197. The molecule has 0 aromatic rings. The average molecular weight is 541 g/mol. The van der Waals surface area contributed by atoms with Crippen LogP contribution in [0.1, 0.15) is 187 Å². The smallest absolute Gasteiger partial charge is 0.306 e. The van der Waals surface area contributed by atoms with Crippen LogP contribution in [0.2, 0.25) is 0 Å². The van der Waals surface area contributed by atoms with Gasteiger partial charge in [0.25, 0.3) is 0 Å². The number of aliphatic hydroxyl groups is 1. The van der Waals surface area contributed by atoms with E-state index in [0.29, 0.717) is 19.6 Å². The molecule has 4 nitrogen and oxygen atoms in total. The van der Waals surface area contributed by atoms with E-state index >= 15 is 0 Å². The second kappa shape index (κ2) is 32.6. The van der Waals surface area contributed by atoms with E-state index in [1.807, 2.05) is 0 Å². The van der Waals surface area contributed by atoms with E-state index in [-0.39, 0.29) is 12.6 Å². The number of hydrogen-bond acceptors (Lipinski definition) is 4. The van der Waals surface area contributed by atoms with Crippen molar-refractivity contribution in [3.63, 3.8) is 0 Å². The lowest BCUT2D eigenvalue weighted by Gasteiger charge is -2.16. The highest BCUT2D eigenvalue weighted by Gasteiger charge is 2.13. The van der Waals surface area contributed by atoms with Crippen molar-refractivity contribution in [2.45, 2.75) is 193 Å². The van der Waals surface area contributed by atoms with Crippen LogP contribution < -0.4 is 0 Å². The molecule has 0 aromatic heterocycles. The van der Waals surface area contributed by atoms with Gasteiger partial charge in [0.2, 0.25) is 0 Å². The normalized spacial score (nSPS) is 12.2. The van der Waals surface area contributed by atoms with Crippen molar-refractivity contribution in [3.8, 4) is 0 Å². The molecule has 0 bridgehead atoms. The predicted molar refractivity (Wildman–Crippen MR) is 164 cm³/mol. The molecule has 0 spiro atoms. The summed E-state index contributed by atoms with van der Waals surface area (Å²) in [5, 5.41) is 9.51. The van der Waals surface area contributed by atoms with E-state index in [1.165, 1.54) is 148 Å². The summed E-state index contributed by atoms with van der Waals surface area (Å²) in [5.41, 5.74) is 0. The standard InChI is InChI=1S/C34H68O4/c1-3-5-7-9-11-13-15-16-17-18-19-20-21-23-25-27-29-34(36)38-33(31-35)32-37-30-28-26-24-22-14-12-10-8-6-4-2/h33,35H,3-32H2,1-2H3. The number of unbranched alkanes of at least 4 members (excludes halogenated alkanes) is 24. The van der Waals surface area contributed by atoms with Crippen molar-refractivity contribution in [1.82, 2.24) is 0 Å². The summed E-state index contributed by atoms with van der Waals surface area (Å²) in [7, 11) is 0. The Bertz CT molecular complexity index is 454. The third-order valence-corrected chi connectivity index (χ3v) is 7.68. The average Bonchev–Trinajstić information content (AvgIpc) is 2.92. The first-order valence-corrected chi connectivity index (χ1v) is 17.1. The highest BCUT2D eigenvalue weighted by molar-refractivity contribution is 5.69. The van der Waals surface area contributed by atoms with Gasteiger partial charge in [-0.25, -0.2) is 0 Å². The van der Waals surface area contributed by atoms with Crippen molar-refractivity contribution in [2.75, 3.05) is 19.8 Å². The van der Waals surface area contributed by atoms with Crippen LogP contribution in [0.3, 0.4) is 0 Å². The molecule has 0 heterocycles. The van der Waals surface area contributed by atoms with Crippen LogP contribution in [0.4, 0.5) is 0 Å². The number of ether oxygens (including phenoxy) is 2. The predicted octanol–water partition coefficient (Wildman–Crippen LogP) is 10.5. The number of hydrogen-bond donors (Lipinski definition) is 1. The van der Waals surface area contributed by atoms with Crippen LogP contribution in [-0.4, -0.2) is 37.0 Å². The summed E-state index contributed by atoms with van der Waals surface area (Å²) in [4.78, 5) is 12.1. The zero-order valence-electron chi connectivity index (χ0n) is 26.0. The summed E-state index contributed by atoms with van der Waals surface area (Å²) in [6, 6.07) is 0. The minimum atomic E-state index is -0.522. The van der Waals surface area contributed by atoms with Gasteiger partial charge in [-0.1, -0.05) is 168 Å². The Balaban J connectivity index is 3.39. The molecule has 0 aliphatic rings. The number of carbonyl (C=O) groups is 1. The fourth-order valence-corrected chi connectivity index (χ4v) is 5.09. The molecular weight excluding hydrogens is 472 g/mol. The molecule has 1 unspecified atom stereocenters. The Morgan fingerprint density at radius 1 is 0.526 bits per heavy atom. The maximum absolute atomic E-state index is 12.1. The first-order chi connectivity index (χ1) is 18.7. The molecular formula is C34H68O4. The lowest BCUT2D eigenvalue weighted by molar-refractivity contribution is -0.154. The van der Waals surface area contributed by atoms with E-state index in [2.05, 4.69) is 13.8 Å². The van der Waals surface area contributed by atoms with Gasteiger partial charge in [0, 0.05) is 13.0 Å². The summed E-state index contributed by atoms with van der Waals surface area (Å²) < 4.78 is 11.1. The number of esters is 1. The summed E-state index contributed by atoms with van der Waals surface area (Å²) >= 11 is 0. The molecule has 0 amide bonds. The third kappa shape index (κ3) is 29.9. The number of rotatable bonds is 32. The number of carbonyl (C=O) groups excluding carboxylic acids is 1. The Labute approximate surface area is 238 Å². The molecule has 1 N–H and O–H groups in total. The highest BCUT2D eigenvalue weighted by atomic mass is 16.6. The van der Waals surface area contributed by atoms with Crippen molar-refractivity contribution in [2.24, 2.45) is 0 Å². The SMILES string of the molecule is CCCCCCCCCCCCCCCCCCC(=O)OC(CO)COCCCCCCCCCCCC. The first kappa shape index (κ1) is 37.4. The monoisotopic (exact) mass is 541 g/mol. The van der Waals surface area contributed by atoms with Gasteiger partial charge in [-0.2, -0.15) is 0 Å². The van der Waals surface area contributed by atoms with E-state index in [4.69, 9.17) is 9.47 Å². The van der Waals surface area contributed by atoms with Gasteiger partial charge >= 0.3 is 5.97 Å². The van der Waals surface area contributed by atoms with Crippen LogP contribution >= 0.6 is 0 Å². The largest absolute Gasteiger partial charge is 0.457 e. The Hall–Kier alpha value is -0.610. The molecule has 0 aromatic carbocycles. The second-order valence-electron chi connectivity index (χ2n) is 11.6. The van der Waals surface area contributed by atoms with Gasteiger partial charge in [0.15, 0.2) is 0 Å². The molecule has 0 saturated heterocycles. The zero-order chi connectivity index (χ0) is 27.8. The molecule has 0 saturated carbocycles. The van der Waals surface area contributed by atoms with Crippen LogP contribution in [-0.2, 0) is 14.3 Å². The van der Waals surface area contributed by atoms with Crippen LogP contribution in [0.15, 0.2) is 0 Å². The van der Waals surface area contributed by atoms with E-state index in [0.717, 1.165) is 19.3 Å². The summed E-state index contributed by atoms with van der Waals surface area (Å²) in [6.07, 6.45) is 34.2. The van der Waals surface area contributed by atoms with Gasteiger partial charge in [-0.3, -0.25) is 4.79 Å². The minimum Gasteiger partial charge on any atom is -0.457 e. The Morgan fingerprint density at radius 2 is 0.868 bits per heavy atom. The van der Waals surface area contributed by atoms with Gasteiger partial charge in [0.1, 0.15) is 6.10 Å². The number of aliphatic hydroxyl groups excluding tert-OH is 1. The lowest BCUT2D eigenvalue weighted by Crippen LogP contribution is -2.27. The molecule has 0 fully saturated rings. The fourth-order valence-electron chi connectivity index (χ4n) is 5.09. The second-order valence-corrected chi connectivity index (χ2v) is 11.6. The molecule has 4 heteroatoms. The van der Waals surface area contributed by atoms with Crippen molar-refractivity contribution in [1.29, 1.82) is 0 Å².